The van der Waals surface area contributed by atoms with Gasteiger partial charge in [-0.2, -0.15) is 5.10 Å². The smallest absolute Gasteiger partial charge is 0.229 e. The van der Waals surface area contributed by atoms with Crippen LogP contribution in [0.4, 0.5) is 10.2 Å². The van der Waals surface area contributed by atoms with Crippen LogP contribution in [0.2, 0.25) is 0 Å². The monoisotopic (exact) mass is 347 g/mol. The van der Waals surface area contributed by atoms with Crippen LogP contribution in [0.3, 0.4) is 0 Å². The Morgan fingerprint density at radius 2 is 2.28 bits per heavy atom. The van der Waals surface area contributed by atoms with Gasteiger partial charge in [0.05, 0.1) is 16.8 Å². The van der Waals surface area contributed by atoms with Gasteiger partial charge in [0.15, 0.2) is 5.82 Å². The van der Waals surface area contributed by atoms with Crippen molar-refractivity contribution in [1.82, 2.24) is 20.4 Å². The molecule has 1 aromatic heterocycles. The molecule has 2 heterocycles. The van der Waals surface area contributed by atoms with Crippen LogP contribution in [-0.2, 0) is 9.59 Å². The summed E-state index contributed by atoms with van der Waals surface area (Å²) >= 11 is 0. The Balaban J connectivity index is 1.67. The number of carbonyl (C=O) groups excluding carboxylic acids is 2. The Bertz CT molecular complexity index is 788. The van der Waals surface area contributed by atoms with Crippen molar-refractivity contribution in [2.75, 3.05) is 38.6 Å². The summed E-state index contributed by atoms with van der Waals surface area (Å²) in [6, 6.07) is 4.61. The lowest BCUT2D eigenvalue weighted by molar-refractivity contribution is -0.126. The van der Waals surface area contributed by atoms with Crippen LogP contribution < -0.4 is 10.2 Å². The Morgan fingerprint density at radius 3 is 3.04 bits per heavy atom. The Labute approximate surface area is 145 Å². The van der Waals surface area contributed by atoms with Crippen molar-refractivity contribution in [3.8, 4) is 0 Å². The minimum absolute atomic E-state index is 0.113. The van der Waals surface area contributed by atoms with Crippen LogP contribution in [0.1, 0.15) is 12.8 Å². The number of nitrogens with zero attached hydrogens (tertiary/aromatic N) is 3. The van der Waals surface area contributed by atoms with E-state index in [4.69, 9.17) is 0 Å². The van der Waals surface area contributed by atoms with E-state index < -0.39 is 11.7 Å². The molecule has 1 atom stereocenters. The van der Waals surface area contributed by atoms with Gasteiger partial charge >= 0.3 is 0 Å². The number of amides is 2. The lowest BCUT2D eigenvalue weighted by atomic mass is 10.1. The van der Waals surface area contributed by atoms with Crippen LogP contribution in [0.25, 0.3) is 10.9 Å². The number of aromatic nitrogens is 2. The van der Waals surface area contributed by atoms with Gasteiger partial charge in [0, 0.05) is 19.5 Å². The van der Waals surface area contributed by atoms with E-state index in [1.165, 1.54) is 11.0 Å². The minimum Gasteiger partial charge on any atom is -0.356 e. The number of H-pyrrole nitrogens is 1. The molecule has 1 saturated heterocycles. The molecule has 25 heavy (non-hydrogen) atoms. The van der Waals surface area contributed by atoms with E-state index >= 15 is 0 Å². The summed E-state index contributed by atoms with van der Waals surface area (Å²) in [5.74, 6) is -0.989. The Hall–Kier alpha value is -2.48. The molecule has 2 amide bonds. The molecular formula is C17H22FN5O2. The third kappa shape index (κ3) is 3.63. The van der Waals surface area contributed by atoms with E-state index in [0.29, 0.717) is 12.1 Å². The Kier molecular flexibility index (Phi) is 4.98. The van der Waals surface area contributed by atoms with Gasteiger partial charge in [0.2, 0.25) is 11.8 Å². The third-order valence-electron chi connectivity index (χ3n) is 4.35. The van der Waals surface area contributed by atoms with E-state index in [1.54, 1.807) is 12.1 Å². The summed E-state index contributed by atoms with van der Waals surface area (Å²) in [4.78, 5) is 28.0. The zero-order chi connectivity index (χ0) is 18.0. The summed E-state index contributed by atoms with van der Waals surface area (Å²) < 4.78 is 14.1. The van der Waals surface area contributed by atoms with Gasteiger partial charge in [-0.25, -0.2) is 4.39 Å². The molecule has 8 heteroatoms. The molecule has 1 unspecified atom stereocenters. The molecule has 0 saturated carbocycles. The topological polar surface area (TPSA) is 81.3 Å². The molecule has 3 rings (SSSR count). The number of fused-ring (bicyclic) bond motifs is 1. The highest BCUT2D eigenvalue weighted by atomic mass is 19.1. The number of nitrogens with one attached hydrogen (secondary N) is 2. The van der Waals surface area contributed by atoms with Crippen molar-refractivity contribution in [3.63, 3.8) is 0 Å². The number of anilines is 1. The second kappa shape index (κ2) is 7.18. The highest BCUT2D eigenvalue weighted by Gasteiger charge is 2.37. The van der Waals surface area contributed by atoms with Crippen molar-refractivity contribution in [1.29, 1.82) is 0 Å². The van der Waals surface area contributed by atoms with Gasteiger partial charge in [-0.3, -0.25) is 19.6 Å². The first-order valence-corrected chi connectivity index (χ1v) is 8.32. The first-order chi connectivity index (χ1) is 12.0. The SMILES string of the molecule is CN(C)CCCNC(=O)C1CC(=O)N(c2n[nH]c3cccc(F)c23)C1. The normalized spacial score (nSPS) is 17.7. The van der Waals surface area contributed by atoms with E-state index in [-0.39, 0.29) is 36.0 Å². The van der Waals surface area contributed by atoms with Crippen molar-refractivity contribution >= 4 is 28.5 Å². The highest BCUT2D eigenvalue weighted by molar-refractivity contribution is 6.05. The van der Waals surface area contributed by atoms with Gasteiger partial charge < -0.3 is 10.2 Å². The number of rotatable bonds is 6. The predicted molar refractivity (Wildman–Crippen MR) is 92.7 cm³/mol. The third-order valence-corrected chi connectivity index (χ3v) is 4.35. The van der Waals surface area contributed by atoms with Crippen molar-refractivity contribution in [2.45, 2.75) is 12.8 Å². The van der Waals surface area contributed by atoms with Gasteiger partial charge in [-0.05, 0) is 39.2 Å². The maximum Gasteiger partial charge on any atom is 0.229 e. The molecule has 134 valence electrons. The number of aromatic amines is 1. The quantitative estimate of drug-likeness (QED) is 0.768. The van der Waals surface area contributed by atoms with Crippen LogP contribution in [0, 0.1) is 11.7 Å². The zero-order valence-corrected chi connectivity index (χ0v) is 14.4. The maximum atomic E-state index is 14.1. The molecule has 1 aliphatic rings. The van der Waals surface area contributed by atoms with E-state index in [9.17, 15) is 14.0 Å². The lowest BCUT2D eigenvalue weighted by Gasteiger charge is -2.15. The summed E-state index contributed by atoms with van der Waals surface area (Å²) in [5.41, 5.74) is 0.527. The number of hydrogen-bond acceptors (Lipinski definition) is 4. The van der Waals surface area contributed by atoms with Gasteiger partial charge in [-0.1, -0.05) is 6.07 Å². The van der Waals surface area contributed by atoms with Gasteiger partial charge in [0.25, 0.3) is 0 Å². The molecule has 0 aliphatic carbocycles. The zero-order valence-electron chi connectivity index (χ0n) is 14.4. The fraction of sp³-hybridized carbons (Fsp3) is 0.471. The van der Waals surface area contributed by atoms with Gasteiger partial charge in [-0.15, -0.1) is 0 Å². The predicted octanol–water partition coefficient (Wildman–Crippen LogP) is 1.12. The van der Waals surface area contributed by atoms with Crippen LogP contribution >= 0.6 is 0 Å². The molecule has 7 nitrogen and oxygen atoms in total. The summed E-state index contributed by atoms with van der Waals surface area (Å²) in [6.45, 7) is 1.67. The fourth-order valence-electron chi connectivity index (χ4n) is 3.05. The second-order valence-corrected chi connectivity index (χ2v) is 6.56. The molecule has 2 N–H and O–H groups in total. The first kappa shape index (κ1) is 17.3. The van der Waals surface area contributed by atoms with E-state index in [0.717, 1.165) is 13.0 Å². The average molecular weight is 347 g/mol. The number of benzene rings is 1. The maximum absolute atomic E-state index is 14.1. The molecule has 0 spiro atoms. The minimum atomic E-state index is -0.439. The molecule has 1 aliphatic heterocycles. The van der Waals surface area contributed by atoms with Crippen LogP contribution in [0.5, 0.6) is 0 Å². The van der Waals surface area contributed by atoms with E-state index in [1.807, 2.05) is 19.0 Å². The summed E-state index contributed by atoms with van der Waals surface area (Å²) in [6.07, 6.45) is 0.959. The molecule has 1 aromatic carbocycles. The fourth-order valence-corrected chi connectivity index (χ4v) is 3.05. The molecular weight excluding hydrogens is 325 g/mol. The molecule has 1 fully saturated rings. The van der Waals surface area contributed by atoms with Gasteiger partial charge in [0.1, 0.15) is 5.82 Å². The number of halogens is 1. The van der Waals surface area contributed by atoms with Crippen molar-refractivity contribution < 1.29 is 14.0 Å². The van der Waals surface area contributed by atoms with E-state index in [2.05, 4.69) is 15.5 Å². The lowest BCUT2D eigenvalue weighted by Crippen LogP contribution is -2.34. The Morgan fingerprint density at radius 1 is 1.48 bits per heavy atom. The van der Waals surface area contributed by atoms with Crippen molar-refractivity contribution in [2.24, 2.45) is 5.92 Å². The average Bonchev–Trinajstić information content (AvgIpc) is 3.15. The molecule has 0 bridgehead atoms. The first-order valence-electron chi connectivity index (χ1n) is 8.32. The second-order valence-electron chi connectivity index (χ2n) is 6.56. The largest absolute Gasteiger partial charge is 0.356 e. The summed E-state index contributed by atoms with van der Waals surface area (Å²) in [7, 11) is 3.95. The molecule has 2 aromatic rings. The number of carbonyl (C=O) groups is 2. The highest BCUT2D eigenvalue weighted by Crippen LogP contribution is 2.31. The molecule has 0 radical (unpaired) electrons. The van der Waals surface area contributed by atoms with Crippen molar-refractivity contribution in [3.05, 3.63) is 24.0 Å². The van der Waals surface area contributed by atoms with Crippen LogP contribution in [0.15, 0.2) is 18.2 Å². The number of hydrogen-bond donors (Lipinski definition) is 2. The van der Waals surface area contributed by atoms with Crippen LogP contribution in [-0.4, -0.2) is 60.6 Å². The summed E-state index contributed by atoms with van der Waals surface area (Å²) in [5, 5.41) is 9.96. The standard InChI is InChI=1S/C17H22FN5O2/c1-22(2)8-4-7-19-17(25)11-9-14(24)23(10-11)16-15-12(18)5-3-6-13(15)20-21-16/h3,5-6,11H,4,7-10H2,1-2H3,(H,19,25)(H,20,21).